The quantitative estimate of drug-likeness (QED) is 0.747. The molecule has 0 aliphatic heterocycles. The smallest absolute Gasteiger partial charge is 0.251 e. The maximum absolute atomic E-state index is 12.2. The third-order valence-corrected chi connectivity index (χ3v) is 3.09. The first-order valence-corrected chi connectivity index (χ1v) is 6.58. The van der Waals surface area contributed by atoms with Crippen molar-refractivity contribution in [3.05, 3.63) is 48.0 Å². The van der Waals surface area contributed by atoms with E-state index < -0.39 is 0 Å². The van der Waals surface area contributed by atoms with Crippen molar-refractivity contribution in [2.24, 2.45) is 0 Å². The van der Waals surface area contributed by atoms with Gasteiger partial charge in [-0.15, -0.1) is 0 Å². The highest BCUT2D eigenvalue weighted by Crippen LogP contribution is 2.10. The van der Waals surface area contributed by atoms with Crippen LogP contribution in [-0.2, 0) is 6.42 Å². The summed E-state index contributed by atoms with van der Waals surface area (Å²) >= 11 is 0. The van der Waals surface area contributed by atoms with Crippen LogP contribution < -0.4 is 5.32 Å². The monoisotopic (exact) mass is 282 g/mol. The van der Waals surface area contributed by atoms with E-state index in [-0.39, 0.29) is 11.9 Å². The lowest BCUT2D eigenvalue weighted by atomic mass is 10.1. The highest BCUT2D eigenvalue weighted by atomic mass is 16.1. The Morgan fingerprint density at radius 2 is 2.14 bits per heavy atom. The van der Waals surface area contributed by atoms with Crippen LogP contribution in [0.25, 0.3) is 11.0 Å². The lowest BCUT2D eigenvalue weighted by Gasteiger charge is -2.13. The largest absolute Gasteiger partial charge is 0.349 e. The molecule has 1 atom stereocenters. The summed E-state index contributed by atoms with van der Waals surface area (Å²) in [5, 5.41) is 13.4. The fourth-order valence-corrected chi connectivity index (χ4v) is 2.09. The average molecular weight is 282 g/mol. The molecule has 1 unspecified atom stereocenters. The van der Waals surface area contributed by atoms with Gasteiger partial charge in [-0.2, -0.15) is 15.4 Å². The van der Waals surface area contributed by atoms with Gasteiger partial charge >= 0.3 is 0 Å². The summed E-state index contributed by atoms with van der Waals surface area (Å²) in [5.74, 6) is -0.142. The van der Waals surface area contributed by atoms with Gasteiger partial charge in [0.05, 0.1) is 5.69 Å². The van der Waals surface area contributed by atoms with Crippen LogP contribution in [0.15, 0.2) is 36.8 Å². The van der Waals surface area contributed by atoms with Crippen molar-refractivity contribution in [3.8, 4) is 0 Å². The third kappa shape index (κ3) is 3.02. The van der Waals surface area contributed by atoms with Crippen molar-refractivity contribution in [1.29, 1.82) is 0 Å². The Morgan fingerprint density at radius 1 is 1.29 bits per heavy atom. The number of rotatable bonds is 4. The van der Waals surface area contributed by atoms with E-state index in [4.69, 9.17) is 0 Å². The van der Waals surface area contributed by atoms with Crippen molar-refractivity contribution >= 4 is 16.9 Å². The molecule has 2 aromatic heterocycles. The first kappa shape index (κ1) is 13.2. The van der Waals surface area contributed by atoms with Crippen LogP contribution in [-0.4, -0.2) is 37.3 Å². The highest BCUT2D eigenvalue weighted by Gasteiger charge is 2.12. The van der Waals surface area contributed by atoms with Gasteiger partial charge in [-0.1, -0.05) is 0 Å². The SMILES string of the molecule is CC(Cc1cnccn1)NC(=O)c1ccc2n[nH]nc2c1. The number of carbonyl (C=O) groups is 1. The maximum Gasteiger partial charge on any atom is 0.251 e. The van der Waals surface area contributed by atoms with Crippen LogP contribution in [0.2, 0.25) is 0 Å². The molecule has 1 aromatic carbocycles. The van der Waals surface area contributed by atoms with E-state index in [9.17, 15) is 4.79 Å². The highest BCUT2D eigenvalue weighted by molar-refractivity contribution is 5.97. The van der Waals surface area contributed by atoms with E-state index in [0.29, 0.717) is 17.5 Å². The van der Waals surface area contributed by atoms with E-state index in [1.54, 1.807) is 36.8 Å². The number of benzene rings is 1. The predicted octanol–water partition coefficient (Wildman–Crippen LogP) is 1.11. The molecule has 21 heavy (non-hydrogen) atoms. The summed E-state index contributed by atoms with van der Waals surface area (Å²) < 4.78 is 0. The second-order valence-corrected chi connectivity index (χ2v) is 4.80. The number of hydrogen-bond acceptors (Lipinski definition) is 5. The molecule has 7 heteroatoms. The molecule has 0 radical (unpaired) electrons. The van der Waals surface area contributed by atoms with Crippen LogP contribution in [0.5, 0.6) is 0 Å². The number of H-pyrrole nitrogens is 1. The number of carbonyl (C=O) groups excluding carboxylic acids is 1. The second kappa shape index (κ2) is 5.66. The predicted molar refractivity (Wildman–Crippen MR) is 76.6 cm³/mol. The molecule has 0 bridgehead atoms. The van der Waals surface area contributed by atoms with Crippen LogP contribution in [0.1, 0.15) is 23.0 Å². The molecule has 3 aromatic rings. The Morgan fingerprint density at radius 3 is 2.95 bits per heavy atom. The Balaban J connectivity index is 1.67. The van der Waals surface area contributed by atoms with Crippen LogP contribution in [0.4, 0.5) is 0 Å². The topological polar surface area (TPSA) is 96.5 Å². The van der Waals surface area contributed by atoms with Gasteiger partial charge in [-0.25, -0.2) is 0 Å². The molecule has 3 rings (SSSR count). The van der Waals surface area contributed by atoms with Gasteiger partial charge in [0, 0.05) is 36.6 Å². The van der Waals surface area contributed by atoms with E-state index >= 15 is 0 Å². The second-order valence-electron chi connectivity index (χ2n) is 4.80. The summed E-state index contributed by atoms with van der Waals surface area (Å²) in [5.41, 5.74) is 2.81. The molecule has 0 fully saturated rings. The summed E-state index contributed by atoms with van der Waals surface area (Å²) in [7, 11) is 0. The molecule has 106 valence electrons. The van der Waals surface area contributed by atoms with E-state index in [1.165, 1.54) is 0 Å². The number of nitrogens with zero attached hydrogens (tertiary/aromatic N) is 4. The normalized spacial score (nSPS) is 12.2. The van der Waals surface area contributed by atoms with Gasteiger partial charge in [0.2, 0.25) is 0 Å². The lowest BCUT2D eigenvalue weighted by Crippen LogP contribution is -2.34. The minimum Gasteiger partial charge on any atom is -0.349 e. The number of aromatic amines is 1. The number of fused-ring (bicyclic) bond motifs is 1. The zero-order chi connectivity index (χ0) is 14.7. The molecule has 7 nitrogen and oxygen atoms in total. The first-order chi connectivity index (χ1) is 10.2. The molecule has 2 N–H and O–H groups in total. The van der Waals surface area contributed by atoms with Gasteiger partial charge in [0.15, 0.2) is 0 Å². The minimum absolute atomic E-state index is 0.0396. The minimum atomic E-state index is -0.142. The van der Waals surface area contributed by atoms with Gasteiger partial charge in [0.25, 0.3) is 5.91 Å². The Kier molecular flexibility index (Phi) is 3.55. The van der Waals surface area contributed by atoms with Crippen molar-refractivity contribution < 1.29 is 4.79 Å². The summed E-state index contributed by atoms with van der Waals surface area (Å²) in [6.07, 6.45) is 5.60. The summed E-state index contributed by atoms with van der Waals surface area (Å²) in [6.45, 7) is 1.93. The summed E-state index contributed by atoms with van der Waals surface area (Å²) in [6, 6.07) is 5.17. The molecule has 0 spiro atoms. The fourth-order valence-electron chi connectivity index (χ4n) is 2.09. The molecular formula is C14H14N6O. The van der Waals surface area contributed by atoms with Gasteiger partial charge in [0.1, 0.15) is 11.0 Å². The van der Waals surface area contributed by atoms with Crippen LogP contribution in [0.3, 0.4) is 0 Å². The molecule has 2 heterocycles. The molecular weight excluding hydrogens is 268 g/mol. The molecule has 0 saturated heterocycles. The maximum atomic E-state index is 12.2. The zero-order valence-corrected chi connectivity index (χ0v) is 11.4. The van der Waals surface area contributed by atoms with Crippen molar-refractivity contribution in [2.75, 3.05) is 0 Å². The van der Waals surface area contributed by atoms with Gasteiger partial charge in [-0.3, -0.25) is 14.8 Å². The van der Waals surface area contributed by atoms with Gasteiger partial charge in [-0.05, 0) is 25.1 Å². The number of hydrogen-bond donors (Lipinski definition) is 2. The average Bonchev–Trinajstić information content (AvgIpc) is 2.95. The van der Waals surface area contributed by atoms with Crippen molar-refractivity contribution in [1.82, 2.24) is 30.7 Å². The lowest BCUT2D eigenvalue weighted by molar-refractivity contribution is 0.0940. The molecule has 0 saturated carbocycles. The third-order valence-electron chi connectivity index (χ3n) is 3.09. The van der Waals surface area contributed by atoms with E-state index in [1.807, 2.05) is 6.92 Å². The van der Waals surface area contributed by atoms with Gasteiger partial charge < -0.3 is 5.32 Å². The number of nitrogens with one attached hydrogen (secondary N) is 2. The first-order valence-electron chi connectivity index (χ1n) is 6.58. The van der Waals surface area contributed by atoms with E-state index in [0.717, 1.165) is 11.2 Å². The van der Waals surface area contributed by atoms with Crippen LogP contribution in [0, 0.1) is 0 Å². The van der Waals surface area contributed by atoms with Crippen molar-refractivity contribution in [3.63, 3.8) is 0 Å². The Labute approximate surface area is 120 Å². The molecule has 1 amide bonds. The standard InChI is InChI=1S/C14H14N6O/c1-9(6-11-8-15-4-5-16-11)17-14(21)10-2-3-12-13(7-10)19-20-18-12/h2-5,7-9H,6H2,1H3,(H,17,21)(H,18,19,20). The molecule has 0 aliphatic rings. The fraction of sp³-hybridized carbons (Fsp3) is 0.214. The molecule has 0 aliphatic carbocycles. The summed E-state index contributed by atoms with van der Waals surface area (Å²) in [4.78, 5) is 20.4. The Bertz CT molecular complexity index is 754. The van der Waals surface area contributed by atoms with Crippen LogP contribution >= 0.6 is 0 Å². The zero-order valence-electron chi connectivity index (χ0n) is 11.4. The van der Waals surface area contributed by atoms with E-state index in [2.05, 4.69) is 30.7 Å². The number of aromatic nitrogens is 5. The van der Waals surface area contributed by atoms with Crippen molar-refractivity contribution in [2.45, 2.75) is 19.4 Å². The number of amides is 1. The Hall–Kier alpha value is -2.83.